The van der Waals surface area contributed by atoms with E-state index in [0.29, 0.717) is 11.8 Å². The second-order valence-electron chi connectivity index (χ2n) is 6.42. The Bertz CT molecular complexity index is 717. The van der Waals surface area contributed by atoms with Crippen LogP contribution < -0.4 is 9.47 Å². The van der Waals surface area contributed by atoms with Gasteiger partial charge in [0.15, 0.2) is 0 Å². The largest absolute Gasteiger partial charge is 0.496 e. The highest BCUT2D eigenvalue weighted by molar-refractivity contribution is 6.17. The van der Waals surface area contributed by atoms with Crippen LogP contribution in [0.1, 0.15) is 44.5 Å². The number of methoxy groups -OCH3 is 2. The second kappa shape index (κ2) is 8.33. The van der Waals surface area contributed by atoms with Crippen molar-refractivity contribution in [1.82, 2.24) is 0 Å². The molecule has 0 aliphatic carbocycles. The summed E-state index contributed by atoms with van der Waals surface area (Å²) in [6, 6.07) is 4.35. The van der Waals surface area contributed by atoms with Gasteiger partial charge in [-0.2, -0.15) is 0 Å². The second-order valence-corrected chi connectivity index (χ2v) is 6.96. The van der Waals surface area contributed by atoms with Gasteiger partial charge in [-0.3, -0.25) is 0 Å². The standard InChI is InChI=1S/C21H26Cl2O2/c1-12-7-16(18(10-22)14(3)20(12)24-5)9-17-8-13(2)21(25-6)15(4)19(17)11-23/h7-8H,9-11H2,1-6H3. The molecule has 0 saturated heterocycles. The normalized spacial score (nSPS) is 10.9. The molecule has 2 rings (SSSR count). The number of ether oxygens (including phenoxy) is 2. The van der Waals surface area contributed by atoms with Gasteiger partial charge in [0.2, 0.25) is 0 Å². The van der Waals surface area contributed by atoms with Crippen molar-refractivity contribution in [3.63, 3.8) is 0 Å². The summed E-state index contributed by atoms with van der Waals surface area (Å²) in [6.07, 6.45) is 0.793. The number of aryl methyl sites for hydroxylation is 2. The first-order chi connectivity index (χ1) is 11.9. The van der Waals surface area contributed by atoms with E-state index in [4.69, 9.17) is 32.7 Å². The molecule has 0 bridgehead atoms. The molecular weight excluding hydrogens is 355 g/mol. The fourth-order valence-electron chi connectivity index (χ4n) is 3.70. The fraction of sp³-hybridized carbons (Fsp3) is 0.429. The van der Waals surface area contributed by atoms with Crippen LogP contribution in [0.25, 0.3) is 0 Å². The molecule has 0 N–H and O–H groups in total. The number of rotatable bonds is 6. The van der Waals surface area contributed by atoms with E-state index >= 15 is 0 Å². The van der Waals surface area contributed by atoms with Crippen LogP contribution >= 0.6 is 23.2 Å². The Balaban J connectivity index is 2.61. The zero-order chi connectivity index (χ0) is 18.7. The summed E-state index contributed by atoms with van der Waals surface area (Å²) in [5.41, 5.74) is 9.19. The highest BCUT2D eigenvalue weighted by atomic mass is 35.5. The fourth-order valence-corrected chi connectivity index (χ4v) is 4.44. The summed E-state index contributed by atoms with van der Waals surface area (Å²) in [6.45, 7) is 8.28. The number of benzene rings is 2. The molecule has 25 heavy (non-hydrogen) atoms. The summed E-state index contributed by atoms with van der Waals surface area (Å²) < 4.78 is 11.1. The van der Waals surface area contributed by atoms with Gasteiger partial charge in [-0.25, -0.2) is 0 Å². The van der Waals surface area contributed by atoms with Crippen molar-refractivity contribution in [1.29, 1.82) is 0 Å². The highest BCUT2D eigenvalue weighted by Gasteiger charge is 2.17. The number of hydrogen-bond donors (Lipinski definition) is 0. The minimum atomic E-state index is 0.460. The lowest BCUT2D eigenvalue weighted by Gasteiger charge is -2.20. The third kappa shape index (κ3) is 3.75. The molecule has 0 atom stereocenters. The van der Waals surface area contributed by atoms with Crippen LogP contribution in [0.15, 0.2) is 12.1 Å². The van der Waals surface area contributed by atoms with Crippen LogP contribution in [0.5, 0.6) is 11.5 Å². The maximum atomic E-state index is 6.27. The van der Waals surface area contributed by atoms with Gasteiger partial charge in [-0.1, -0.05) is 12.1 Å². The SMILES string of the molecule is COc1c(C)cc(Cc2cc(C)c(OC)c(C)c2CCl)c(CCl)c1C. The van der Waals surface area contributed by atoms with E-state index in [1.54, 1.807) is 14.2 Å². The van der Waals surface area contributed by atoms with E-state index < -0.39 is 0 Å². The van der Waals surface area contributed by atoms with E-state index in [0.717, 1.165) is 51.3 Å². The lowest BCUT2D eigenvalue weighted by molar-refractivity contribution is 0.407. The molecule has 136 valence electrons. The first-order valence-electron chi connectivity index (χ1n) is 8.33. The van der Waals surface area contributed by atoms with E-state index in [2.05, 4.69) is 39.8 Å². The zero-order valence-electron chi connectivity index (χ0n) is 15.8. The average molecular weight is 381 g/mol. The summed E-state index contributed by atoms with van der Waals surface area (Å²) in [5.74, 6) is 2.75. The Morgan fingerprint density at radius 3 is 1.36 bits per heavy atom. The zero-order valence-corrected chi connectivity index (χ0v) is 17.4. The summed E-state index contributed by atoms with van der Waals surface area (Å²) >= 11 is 12.5. The lowest BCUT2D eigenvalue weighted by Crippen LogP contribution is -2.05. The Labute approximate surface area is 161 Å². The minimum Gasteiger partial charge on any atom is -0.496 e. The molecule has 4 heteroatoms. The van der Waals surface area contributed by atoms with Crippen molar-refractivity contribution in [3.8, 4) is 11.5 Å². The molecular formula is C21H26Cl2O2. The molecule has 0 aromatic heterocycles. The molecule has 0 spiro atoms. The van der Waals surface area contributed by atoms with Crippen LogP contribution in [0.2, 0.25) is 0 Å². The summed E-state index contributed by atoms with van der Waals surface area (Å²) in [4.78, 5) is 0. The van der Waals surface area contributed by atoms with E-state index in [-0.39, 0.29) is 0 Å². The maximum Gasteiger partial charge on any atom is 0.125 e. The topological polar surface area (TPSA) is 18.5 Å². The van der Waals surface area contributed by atoms with Gasteiger partial charge >= 0.3 is 0 Å². The van der Waals surface area contributed by atoms with Crippen molar-refractivity contribution < 1.29 is 9.47 Å². The van der Waals surface area contributed by atoms with Gasteiger partial charge in [-0.05, 0) is 78.6 Å². The van der Waals surface area contributed by atoms with Crippen LogP contribution in [0.4, 0.5) is 0 Å². The first kappa shape index (κ1) is 19.9. The van der Waals surface area contributed by atoms with Crippen molar-refractivity contribution in [2.24, 2.45) is 0 Å². The third-order valence-electron chi connectivity index (χ3n) is 4.92. The van der Waals surface area contributed by atoms with Gasteiger partial charge in [0.25, 0.3) is 0 Å². The molecule has 0 aliphatic heterocycles. The quantitative estimate of drug-likeness (QED) is 0.571. The Kier molecular flexibility index (Phi) is 6.65. The molecule has 0 unspecified atom stereocenters. The molecule has 0 amide bonds. The predicted molar refractivity (Wildman–Crippen MR) is 107 cm³/mol. The van der Waals surface area contributed by atoms with Crippen LogP contribution in [-0.4, -0.2) is 14.2 Å². The molecule has 0 fully saturated rings. The first-order valence-corrected chi connectivity index (χ1v) is 9.40. The van der Waals surface area contributed by atoms with Gasteiger partial charge in [0, 0.05) is 11.8 Å². The van der Waals surface area contributed by atoms with Crippen LogP contribution in [0, 0.1) is 27.7 Å². The van der Waals surface area contributed by atoms with E-state index in [9.17, 15) is 0 Å². The molecule has 2 aromatic carbocycles. The number of alkyl halides is 2. The number of halogens is 2. The average Bonchev–Trinajstić information content (AvgIpc) is 2.55. The molecule has 0 radical (unpaired) electrons. The number of hydrogen-bond acceptors (Lipinski definition) is 2. The highest BCUT2D eigenvalue weighted by Crippen LogP contribution is 2.35. The molecule has 2 aromatic rings. The smallest absolute Gasteiger partial charge is 0.125 e. The molecule has 0 saturated carbocycles. The van der Waals surface area contributed by atoms with Gasteiger partial charge < -0.3 is 9.47 Å². The Morgan fingerprint density at radius 1 is 0.720 bits per heavy atom. The van der Waals surface area contributed by atoms with Crippen LogP contribution in [0.3, 0.4) is 0 Å². The van der Waals surface area contributed by atoms with Crippen molar-refractivity contribution >= 4 is 23.2 Å². The van der Waals surface area contributed by atoms with Crippen molar-refractivity contribution in [3.05, 3.63) is 56.6 Å². The summed E-state index contributed by atoms with van der Waals surface area (Å²) in [5, 5.41) is 0. The monoisotopic (exact) mass is 380 g/mol. The van der Waals surface area contributed by atoms with E-state index in [1.807, 2.05) is 0 Å². The Hall–Kier alpha value is -1.38. The van der Waals surface area contributed by atoms with Crippen LogP contribution in [-0.2, 0) is 18.2 Å². The van der Waals surface area contributed by atoms with Crippen molar-refractivity contribution in [2.75, 3.05) is 14.2 Å². The molecule has 2 nitrogen and oxygen atoms in total. The lowest BCUT2D eigenvalue weighted by atomic mass is 9.90. The third-order valence-corrected chi connectivity index (χ3v) is 5.45. The van der Waals surface area contributed by atoms with Crippen molar-refractivity contribution in [2.45, 2.75) is 45.9 Å². The maximum absolute atomic E-state index is 6.27. The van der Waals surface area contributed by atoms with E-state index in [1.165, 1.54) is 11.1 Å². The van der Waals surface area contributed by atoms with Gasteiger partial charge in [0.05, 0.1) is 14.2 Å². The Morgan fingerprint density at radius 2 is 1.08 bits per heavy atom. The predicted octanol–water partition coefficient (Wildman–Crippen LogP) is 6.01. The minimum absolute atomic E-state index is 0.460. The van der Waals surface area contributed by atoms with Gasteiger partial charge in [0.1, 0.15) is 11.5 Å². The van der Waals surface area contributed by atoms with Gasteiger partial charge in [-0.15, -0.1) is 23.2 Å². The molecule has 0 heterocycles. The summed E-state index contributed by atoms with van der Waals surface area (Å²) in [7, 11) is 3.41. The molecule has 0 aliphatic rings.